The largest absolute Gasteiger partial charge is 0.586 e. The number of nitrogens with zero attached hydrogens (tertiary/aromatic N) is 2. The summed E-state index contributed by atoms with van der Waals surface area (Å²) in [7, 11) is -8.03. The van der Waals surface area contributed by atoms with Crippen LogP contribution < -0.4 is 54.5 Å². The Kier molecular flexibility index (Phi) is 25.8. The van der Waals surface area contributed by atoms with Crippen molar-refractivity contribution in [1.82, 2.24) is 9.97 Å². The topological polar surface area (TPSA) is 334 Å². The number of aromatic carboxylic acids is 1. The SMILES string of the molecule is CC(C)(C)c1ccc(S(=O)(=O)Cl)cc1F.CC(C)(C)c1ccc(S(=O)(=O)Nc2cc3c(cc2-c2ccc(C(=O)O)c4ncccc24)OC(F)(F)O3)cc1F.CC(C)(C)c1ccc(S(=O)(=O)Nc2cc3c(cc2B2OC(C)(C)C(C)(C)O2)OC(F)(F)O3)cc1F.CC1(C)OB(c2cc3c(cc2N)OC(F)(F)O3)OC1(C)C.COC(=O)c1ccc(Br)c2cccnc12. The lowest BCUT2D eigenvalue weighted by Crippen LogP contribution is -2.41. The van der Waals surface area contributed by atoms with Crippen LogP contribution in [-0.4, -0.2) is 115 Å². The number of halogens is 11. The number of rotatable bonds is 12. The number of carboxylic acids is 1. The Hall–Kier alpha value is -10.3. The van der Waals surface area contributed by atoms with E-state index < -0.39 is 130 Å². The number of sulfonamides is 2. The van der Waals surface area contributed by atoms with E-state index in [0.717, 1.165) is 46.3 Å². The number of nitrogens with two attached hydrogens (primary N) is 1. The van der Waals surface area contributed by atoms with Crippen LogP contribution in [0.15, 0.2) is 171 Å². The number of nitrogen functional groups attached to an aromatic ring is 1. The van der Waals surface area contributed by atoms with Crippen LogP contribution >= 0.6 is 26.6 Å². The predicted molar refractivity (Wildman–Crippen MR) is 452 cm³/mol. The number of anilines is 3. The zero-order valence-corrected chi connectivity index (χ0v) is 74.9. The fraction of sp³-hybridized carbons (Fsp3) is 0.333. The van der Waals surface area contributed by atoms with Gasteiger partial charge in [0.2, 0.25) is 0 Å². The smallest absolute Gasteiger partial charge is 0.478 e. The number of fused-ring (bicyclic) bond motifs is 5. The standard InChI is InChI=1S/C27H21F3N2O6S.C23H27BF3NO6S.C13H16BF2NO4.C11H8BrNO2.C10H12ClFO2S/c1-26(2,3)19-9-6-14(11-20(19)28)39(35,36)32-21-13-23-22(37-27(29,30)38-23)12-18(21)15-7-8-17(25(33)34)24-16(15)5-4-10-31-24;1-20(2,3)14-9-8-13(10-16(14)25)35(29,30)28-17-12-19-18(31-23(26,27)32-19)11-15(17)24-33-21(4,5)22(6,7)34-24;1-11(2)12(3,4)21-14(20-11)7-5-9-10(6-8(7)17)19-13(15,16)18-9;1-15-11(14)8-4-5-9(12)7-3-2-6-13-10(7)8;1-10(2,3)8-5-4-7(6-9(8)12)15(11,13)14/h4-13,32H,1-3H3,(H,33,34);8-12,28H,1-7H3;5-6H,17H2,1-4H3;2-6H,1H3;4-6H,1-3H3. The fourth-order valence-electron chi connectivity index (χ4n) is 13.0. The molecule has 2 fully saturated rings. The molecular weight excluding hydrogens is 1800 g/mol. The minimum Gasteiger partial charge on any atom is -0.478 e. The van der Waals surface area contributed by atoms with Gasteiger partial charge < -0.3 is 62.6 Å². The zero-order chi connectivity index (χ0) is 92.8. The third-order valence-electron chi connectivity index (χ3n) is 20.8. The number of hydrogen-bond acceptors (Lipinski definition) is 22. The molecule has 2 saturated heterocycles. The van der Waals surface area contributed by atoms with Gasteiger partial charge in [-0.2, -0.15) is 0 Å². The van der Waals surface area contributed by atoms with E-state index in [2.05, 4.69) is 68.5 Å². The van der Waals surface area contributed by atoms with Crippen LogP contribution in [0.2, 0.25) is 0 Å². The summed E-state index contributed by atoms with van der Waals surface area (Å²) in [6.07, 6.45) is -8.54. The first kappa shape index (κ1) is 95.3. The molecule has 25 nitrogen and oxygen atoms in total. The predicted octanol–water partition coefficient (Wildman–Crippen LogP) is 18.4. The number of benzene rings is 8. The van der Waals surface area contributed by atoms with E-state index in [0.29, 0.717) is 38.6 Å². The van der Waals surface area contributed by atoms with E-state index in [1.807, 2.05) is 66.7 Å². The summed E-state index contributed by atoms with van der Waals surface area (Å²) in [4.78, 5) is 30.6. The molecule has 0 unspecified atom stereocenters. The van der Waals surface area contributed by atoms with Crippen molar-refractivity contribution in [3.8, 4) is 45.6 Å². The lowest BCUT2D eigenvalue weighted by atomic mass is 9.77. The maximum absolute atomic E-state index is 14.8. The molecule has 125 heavy (non-hydrogen) atoms. The minimum atomic E-state index is -4.43. The molecule has 8 aromatic carbocycles. The summed E-state index contributed by atoms with van der Waals surface area (Å²) < 4.78 is 260. The molecule has 666 valence electrons. The Labute approximate surface area is 727 Å². The Balaban J connectivity index is 0.000000160. The van der Waals surface area contributed by atoms with Crippen molar-refractivity contribution < 1.29 is 131 Å². The highest BCUT2D eigenvalue weighted by molar-refractivity contribution is 9.10. The van der Waals surface area contributed by atoms with Gasteiger partial charge in [-0.05, 0) is 179 Å². The van der Waals surface area contributed by atoms with E-state index in [1.54, 1.807) is 93.6 Å². The molecule has 0 spiro atoms. The monoisotopic (exact) mass is 1890 g/mol. The molecule has 5 aliphatic heterocycles. The second kappa shape index (κ2) is 33.8. The summed E-state index contributed by atoms with van der Waals surface area (Å²) in [5.74, 6) is -5.22. The van der Waals surface area contributed by atoms with E-state index in [1.165, 1.54) is 80.0 Å². The van der Waals surface area contributed by atoms with E-state index in [9.17, 15) is 79.5 Å². The zero-order valence-electron chi connectivity index (χ0n) is 70.1. The molecule has 0 atom stereocenters. The van der Waals surface area contributed by atoms with Crippen molar-refractivity contribution in [1.29, 1.82) is 0 Å². The van der Waals surface area contributed by atoms with Crippen molar-refractivity contribution in [2.24, 2.45) is 0 Å². The Morgan fingerprint density at radius 1 is 0.464 bits per heavy atom. The molecule has 0 bridgehead atoms. The van der Waals surface area contributed by atoms with Gasteiger partial charge in [0.25, 0.3) is 29.1 Å². The molecule has 10 aromatic rings. The van der Waals surface area contributed by atoms with Gasteiger partial charge in [0.05, 0.1) is 77.7 Å². The summed E-state index contributed by atoms with van der Waals surface area (Å²) in [6.45, 7) is 31.0. The normalized spacial score (nSPS) is 17.0. The van der Waals surface area contributed by atoms with Crippen LogP contribution in [0.5, 0.6) is 34.5 Å². The summed E-state index contributed by atoms with van der Waals surface area (Å²) in [6, 6.07) is 30.9. The molecule has 2 aromatic heterocycles. The number of aromatic nitrogens is 2. The Morgan fingerprint density at radius 3 is 1.22 bits per heavy atom. The summed E-state index contributed by atoms with van der Waals surface area (Å²) in [5.41, 5.74) is 4.77. The number of nitrogens with one attached hydrogen (secondary N) is 2. The average Bonchev–Trinajstić information content (AvgIpc) is 1.70. The van der Waals surface area contributed by atoms with Gasteiger partial charge in [0, 0.05) is 78.7 Å². The van der Waals surface area contributed by atoms with Crippen molar-refractivity contribution in [3.63, 3.8) is 0 Å². The van der Waals surface area contributed by atoms with Crippen molar-refractivity contribution in [2.75, 3.05) is 22.3 Å². The quantitative estimate of drug-likeness (QED) is 0.0290. The minimum absolute atomic E-state index is 0.0698. The maximum atomic E-state index is 14.8. The van der Waals surface area contributed by atoms with Crippen molar-refractivity contribution in [3.05, 3.63) is 202 Å². The van der Waals surface area contributed by atoms with Crippen molar-refractivity contribution in [2.45, 2.75) is 190 Å². The lowest BCUT2D eigenvalue weighted by Gasteiger charge is -2.32. The molecule has 41 heteroatoms. The summed E-state index contributed by atoms with van der Waals surface area (Å²) in [5, 5.41) is 10.8. The Bertz CT molecular complexity index is 6290. The highest BCUT2D eigenvalue weighted by Crippen LogP contribution is 2.50. The van der Waals surface area contributed by atoms with E-state index in [4.69, 9.17) is 35.0 Å². The first-order valence-electron chi connectivity index (χ1n) is 37.8. The van der Waals surface area contributed by atoms with Crippen LogP contribution in [-0.2, 0) is 68.7 Å². The van der Waals surface area contributed by atoms with E-state index >= 15 is 0 Å². The third-order valence-corrected chi connectivity index (χ3v) is 25.6. The number of hydrogen-bond donors (Lipinski definition) is 4. The molecular formula is C84H84B2BrClF9N5O20S3. The van der Waals surface area contributed by atoms with E-state index in [-0.39, 0.29) is 94.7 Å². The maximum Gasteiger partial charge on any atom is 0.586 e. The number of methoxy groups -OCH3 is 1. The highest BCUT2D eigenvalue weighted by Gasteiger charge is 2.56. The van der Waals surface area contributed by atoms with Crippen LogP contribution in [0.1, 0.15) is 155 Å². The van der Waals surface area contributed by atoms with Gasteiger partial charge in [-0.15, -0.1) is 26.3 Å². The van der Waals surface area contributed by atoms with Crippen LogP contribution in [0.4, 0.5) is 56.6 Å². The number of carbonyl (C=O) groups excluding carboxylic acids is 1. The second-order valence-electron chi connectivity index (χ2n) is 34.0. The second-order valence-corrected chi connectivity index (χ2v) is 40.8. The number of pyridine rings is 2. The van der Waals surface area contributed by atoms with Gasteiger partial charge in [-0.3, -0.25) is 19.4 Å². The molecule has 15 rings (SSSR count). The highest BCUT2D eigenvalue weighted by atomic mass is 79.9. The number of esters is 1. The lowest BCUT2D eigenvalue weighted by molar-refractivity contribution is -0.287. The first-order chi connectivity index (χ1) is 57.3. The molecule has 0 radical (unpaired) electrons. The third kappa shape index (κ3) is 20.9. The molecule has 0 saturated carbocycles. The van der Waals surface area contributed by atoms with Crippen LogP contribution in [0.25, 0.3) is 32.9 Å². The van der Waals surface area contributed by atoms with Gasteiger partial charge in [0.15, 0.2) is 34.5 Å². The fourth-order valence-corrected chi connectivity index (χ4v) is 16.4. The van der Waals surface area contributed by atoms with Crippen LogP contribution in [0, 0.1) is 17.5 Å². The van der Waals surface area contributed by atoms with Gasteiger partial charge in [-0.25, -0.2) is 48.0 Å². The summed E-state index contributed by atoms with van der Waals surface area (Å²) >= 11 is 3.41. The number of ether oxygens (including phenoxy) is 7. The molecule has 0 amide bonds. The number of alkyl halides is 6. The molecule has 5 aliphatic rings. The molecule has 7 heterocycles. The van der Waals surface area contributed by atoms with Gasteiger partial charge in [-0.1, -0.05) is 115 Å². The van der Waals surface area contributed by atoms with Crippen molar-refractivity contribution >= 4 is 132 Å². The van der Waals surface area contributed by atoms with Crippen LogP contribution in [0.3, 0.4) is 0 Å². The van der Waals surface area contributed by atoms with Gasteiger partial charge in [0.1, 0.15) is 17.5 Å². The Morgan fingerprint density at radius 2 is 0.816 bits per heavy atom. The number of carboxylic acid groups (broad SMARTS) is 1. The van der Waals surface area contributed by atoms with Gasteiger partial charge >= 0.3 is 45.1 Å². The average molecular weight is 1890 g/mol. The number of carbonyl (C=O) groups is 2. The first-order valence-corrected chi connectivity index (χ1v) is 43.8. The molecule has 0 aliphatic carbocycles. The molecule has 5 N–H and O–H groups in total.